The van der Waals surface area contributed by atoms with E-state index in [1.54, 1.807) is 25.3 Å². The molecule has 1 atom stereocenters. The monoisotopic (exact) mass is 255 g/mol. The smallest absolute Gasteiger partial charge is 0.154 e. The first-order valence-corrected chi connectivity index (χ1v) is 6.42. The minimum atomic E-state index is -0.682. The van der Waals surface area contributed by atoms with Crippen molar-refractivity contribution in [3.8, 4) is 0 Å². The molecule has 5 heteroatoms. The van der Waals surface area contributed by atoms with Crippen LogP contribution in [0.25, 0.3) is 0 Å². The number of hydrogen-bond acceptors (Lipinski definition) is 4. The summed E-state index contributed by atoms with van der Waals surface area (Å²) in [5, 5.41) is 11.4. The Balaban J connectivity index is 2.38. The molecule has 0 saturated carbocycles. The van der Waals surface area contributed by atoms with Crippen LogP contribution in [-0.4, -0.2) is 10.1 Å². The molecule has 0 radical (unpaired) electrons. The van der Waals surface area contributed by atoms with Gasteiger partial charge in [0, 0.05) is 11.6 Å². The maximum Gasteiger partial charge on any atom is 0.154 e. The van der Waals surface area contributed by atoms with Gasteiger partial charge in [0.25, 0.3) is 0 Å². The molecule has 0 bridgehead atoms. The van der Waals surface area contributed by atoms with Gasteiger partial charge in [0.2, 0.25) is 0 Å². The van der Waals surface area contributed by atoms with Crippen molar-refractivity contribution in [2.24, 2.45) is 0 Å². The number of rotatable bonds is 3. The highest BCUT2D eigenvalue weighted by Gasteiger charge is 2.14. The van der Waals surface area contributed by atoms with E-state index < -0.39 is 6.10 Å². The maximum atomic E-state index is 13.6. The fraction of sp³-hybridized carbons (Fsp3) is 0.182. The summed E-state index contributed by atoms with van der Waals surface area (Å²) < 4.78 is 14.4. The lowest BCUT2D eigenvalue weighted by Crippen LogP contribution is -1.96. The van der Waals surface area contributed by atoms with Gasteiger partial charge < -0.3 is 5.11 Å². The topological polar surface area (TPSA) is 33.1 Å². The van der Waals surface area contributed by atoms with Crippen LogP contribution in [0.15, 0.2) is 39.0 Å². The first kappa shape index (κ1) is 11.6. The first-order chi connectivity index (χ1) is 7.68. The lowest BCUT2D eigenvalue weighted by atomic mass is 10.1. The highest BCUT2D eigenvalue weighted by Crippen LogP contribution is 2.36. The summed E-state index contributed by atoms with van der Waals surface area (Å²) in [5.41, 5.74) is 0.597. The molecule has 0 spiro atoms. The molecule has 0 aliphatic carbocycles. The Bertz CT molecular complexity index is 471. The summed E-state index contributed by atoms with van der Waals surface area (Å²) in [4.78, 5) is 4.54. The maximum absolute atomic E-state index is 13.6. The quantitative estimate of drug-likeness (QED) is 0.911. The lowest BCUT2D eigenvalue weighted by molar-refractivity contribution is 0.195. The van der Waals surface area contributed by atoms with Crippen LogP contribution < -0.4 is 0 Å². The van der Waals surface area contributed by atoms with Gasteiger partial charge in [-0.15, -0.1) is 11.3 Å². The Labute approximate surface area is 101 Å². The predicted molar refractivity (Wildman–Crippen MR) is 63.3 cm³/mol. The van der Waals surface area contributed by atoms with Crippen molar-refractivity contribution in [3.63, 3.8) is 0 Å². The second kappa shape index (κ2) is 4.95. The summed E-state index contributed by atoms with van der Waals surface area (Å²) in [6.45, 7) is 1.63. The largest absolute Gasteiger partial charge is 0.389 e. The molecule has 1 N–H and O–H groups in total. The van der Waals surface area contributed by atoms with Crippen molar-refractivity contribution >= 4 is 23.1 Å². The van der Waals surface area contributed by atoms with Gasteiger partial charge in [-0.1, -0.05) is 23.9 Å². The molecule has 0 saturated heterocycles. The minimum Gasteiger partial charge on any atom is -0.389 e. The molecule has 2 nitrogen and oxygen atoms in total. The second-order valence-corrected chi connectivity index (χ2v) is 5.39. The van der Waals surface area contributed by atoms with Crippen LogP contribution in [0.1, 0.15) is 18.6 Å². The third-order valence-electron chi connectivity index (χ3n) is 2.05. The Morgan fingerprint density at radius 1 is 1.50 bits per heavy atom. The van der Waals surface area contributed by atoms with Crippen LogP contribution in [0, 0.1) is 5.82 Å². The standard InChI is InChI=1S/C11H10FNOS2/c1-7(14)8-3-2-4-9(12)10(8)16-11-13-5-6-15-11/h2-7,14H,1H3/t7-/m1/s1. The predicted octanol–water partition coefficient (Wildman–Crippen LogP) is 3.49. The summed E-state index contributed by atoms with van der Waals surface area (Å²) >= 11 is 2.70. The number of benzene rings is 1. The number of nitrogens with zero attached hydrogens (tertiary/aromatic N) is 1. The van der Waals surface area contributed by atoms with E-state index in [1.165, 1.54) is 29.2 Å². The van der Waals surface area contributed by atoms with Crippen LogP contribution in [-0.2, 0) is 0 Å². The van der Waals surface area contributed by atoms with Gasteiger partial charge >= 0.3 is 0 Å². The van der Waals surface area contributed by atoms with E-state index in [2.05, 4.69) is 4.98 Å². The highest BCUT2D eigenvalue weighted by molar-refractivity contribution is 8.01. The van der Waals surface area contributed by atoms with Crippen LogP contribution in [0.5, 0.6) is 0 Å². The average Bonchev–Trinajstić information content (AvgIpc) is 2.73. The van der Waals surface area contributed by atoms with Gasteiger partial charge in [-0.3, -0.25) is 0 Å². The first-order valence-electron chi connectivity index (χ1n) is 4.72. The highest BCUT2D eigenvalue weighted by atomic mass is 32.2. The van der Waals surface area contributed by atoms with E-state index >= 15 is 0 Å². The molecule has 1 aromatic heterocycles. The van der Waals surface area contributed by atoms with E-state index in [0.717, 1.165) is 4.34 Å². The van der Waals surface area contributed by atoms with E-state index in [9.17, 15) is 9.50 Å². The second-order valence-electron chi connectivity index (χ2n) is 3.23. The van der Waals surface area contributed by atoms with Crippen molar-refractivity contribution in [3.05, 3.63) is 41.2 Å². The number of halogens is 1. The van der Waals surface area contributed by atoms with E-state index in [4.69, 9.17) is 0 Å². The van der Waals surface area contributed by atoms with Gasteiger partial charge in [-0.05, 0) is 18.6 Å². The van der Waals surface area contributed by atoms with Crippen LogP contribution in [0.4, 0.5) is 4.39 Å². The molecule has 0 aliphatic rings. The molecule has 0 aliphatic heterocycles. The number of thiazole rings is 1. The molecule has 1 heterocycles. The molecular weight excluding hydrogens is 245 g/mol. The fourth-order valence-electron chi connectivity index (χ4n) is 1.31. The van der Waals surface area contributed by atoms with Crippen molar-refractivity contribution < 1.29 is 9.50 Å². The average molecular weight is 255 g/mol. The fourth-order valence-corrected chi connectivity index (χ4v) is 3.09. The molecule has 0 amide bonds. The van der Waals surface area contributed by atoms with Gasteiger partial charge in [0.05, 0.1) is 11.0 Å². The van der Waals surface area contributed by atoms with Crippen molar-refractivity contribution in [1.82, 2.24) is 4.98 Å². The molecule has 2 aromatic rings. The summed E-state index contributed by atoms with van der Waals surface area (Å²) in [5.74, 6) is -0.321. The molecule has 84 valence electrons. The van der Waals surface area contributed by atoms with Gasteiger partial charge in [-0.2, -0.15) is 0 Å². The molecule has 0 unspecified atom stereocenters. The Morgan fingerprint density at radius 3 is 2.94 bits per heavy atom. The van der Waals surface area contributed by atoms with Gasteiger partial charge in [-0.25, -0.2) is 9.37 Å². The number of aliphatic hydroxyl groups excluding tert-OH is 1. The van der Waals surface area contributed by atoms with Crippen molar-refractivity contribution in [1.29, 1.82) is 0 Å². The zero-order valence-electron chi connectivity index (χ0n) is 8.55. The van der Waals surface area contributed by atoms with Crippen LogP contribution in [0.3, 0.4) is 0 Å². The summed E-state index contributed by atoms with van der Waals surface area (Å²) in [7, 11) is 0. The molecule has 0 fully saturated rings. The molecular formula is C11H10FNOS2. The van der Waals surface area contributed by atoms with Crippen molar-refractivity contribution in [2.45, 2.75) is 22.3 Å². The number of hydrogen-bond donors (Lipinski definition) is 1. The van der Waals surface area contributed by atoms with Gasteiger partial charge in [0.15, 0.2) is 4.34 Å². The SMILES string of the molecule is C[C@@H](O)c1cccc(F)c1Sc1nccs1. The minimum absolute atomic E-state index is 0.321. The lowest BCUT2D eigenvalue weighted by Gasteiger charge is -2.10. The zero-order chi connectivity index (χ0) is 11.5. The normalized spacial score (nSPS) is 12.7. The Morgan fingerprint density at radius 2 is 2.31 bits per heavy atom. The Kier molecular flexibility index (Phi) is 3.58. The van der Waals surface area contributed by atoms with Gasteiger partial charge in [0.1, 0.15) is 5.82 Å². The van der Waals surface area contributed by atoms with Crippen LogP contribution in [0.2, 0.25) is 0 Å². The Hall–Kier alpha value is -0.910. The summed E-state index contributed by atoms with van der Waals surface area (Å²) in [6.07, 6.45) is 0.994. The molecule has 1 aromatic carbocycles. The third-order valence-corrected chi connectivity index (χ3v) is 4.06. The molecule has 16 heavy (non-hydrogen) atoms. The molecule has 2 rings (SSSR count). The third kappa shape index (κ3) is 2.42. The van der Waals surface area contributed by atoms with E-state index in [1.807, 2.05) is 5.38 Å². The number of aliphatic hydroxyl groups is 1. The van der Waals surface area contributed by atoms with Crippen LogP contribution >= 0.6 is 23.1 Å². The van der Waals surface area contributed by atoms with Crippen molar-refractivity contribution in [2.75, 3.05) is 0 Å². The van der Waals surface area contributed by atoms with E-state index in [-0.39, 0.29) is 5.82 Å². The zero-order valence-corrected chi connectivity index (χ0v) is 10.2. The number of aromatic nitrogens is 1. The van der Waals surface area contributed by atoms with E-state index in [0.29, 0.717) is 10.5 Å². The summed E-state index contributed by atoms with van der Waals surface area (Å²) in [6, 6.07) is 4.72.